The summed E-state index contributed by atoms with van der Waals surface area (Å²) in [5.74, 6) is 0.744. The van der Waals surface area contributed by atoms with Crippen LogP contribution in [0.25, 0.3) is 0 Å². The van der Waals surface area contributed by atoms with Crippen molar-refractivity contribution < 1.29 is 9.53 Å². The Balaban J connectivity index is 1.56. The van der Waals surface area contributed by atoms with E-state index in [2.05, 4.69) is 20.9 Å². The van der Waals surface area contributed by atoms with E-state index >= 15 is 0 Å². The van der Waals surface area contributed by atoms with Gasteiger partial charge in [-0.3, -0.25) is 4.79 Å². The Morgan fingerprint density at radius 3 is 2.86 bits per heavy atom. The summed E-state index contributed by atoms with van der Waals surface area (Å²) in [4.78, 5) is 18.4. The van der Waals surface area contributed by atoms with Crippen LogP contribution in [0.3, 0.4) is 0 Å². The summed E-state index contributed by atoms with van der Waals surface area (Å²) in [5.41, 5.74) is 0.784. The summed E-state index contributed by atoms with van der Waals surface area (Å²) in [5, 5.41) is 3.83. The van der Waals surface area contributed by atoms with E-state index in [-0.39, 0.29) is 12.0 Å². The van der Waals surface area contributed by atoms with Gasteiger partial charge in [-0.05, 0) is 39.5 Å². The molecule has 1 aliphatic heterocycles. The minimum atomic E-state index is 0.114. The zero-order valence-corrected chi connectivity index (χ0v) is 13.8. The number of carbonyl (C=O) groups is 1. The SMILES string of the molecule is O=C(c1ccsc1)N1CCC(Oc2ncccc2Br)CC1. The lowest BCUT2D eigenvalue weighted by Gasteiger charge is -2.31. The molecule has 4 nitrogen and oxygen atoms in total. The highest BCUT2D eigenvalue weighted by molar-refractivity contribution is 9.10. The average molecular weight is 367 g/mol. The highest BCUT2D eigenvalue weighted by atomic mass is 79.9. The number of nitrogens with zero attached hydrogens (tertiary/aromatic N) is 2. The molecule has 3 heterocycles. The molecule has 6 heteroatoms. The Morgan fingerprint density at radius 1 is 1.38 bits per heavy atom. The quantitative estimate of drug-likeness (QED) is 0.833. The molecule has 1 amide bonds. The molecule has 3 rings (SSSR count). The number of hydrogen-bond donors (Lipinski definition) is 0. The topological polar surface area (TPSA) is 42.4 Å². The van der Waals surface area contributed by atoms with Crippen LogP contribution in [0.2, 0.25) is 0 Å². The number of aromatic nitrogens is 1. The molecule has 0 spiro atoms. The second-order valence-electron chi connectivity index (χ2n) is 4.91. The monoisotopic (exact) mass is 366 g/mol. The zero-order valence-electron chi connectivity index (χ0n) is 11.4. The lowest BCUT2D eigenvalue weighted by atomic mass is 10.1. The first-order valence-electron chi connectivity index (χ1n) is 6.82. The van der Waals surface area contributed by atoms with Crippen LogP contribution in [-0.2, 0) is 0 Å². The van der Waals surface area contributed by atoms with Crippen LogP contribution in [0.5, 0.6) is 5.88 Å². The Kier molecular flexibility index (Phi) is 4.55. The lowest BCUT2D eigenvalue weighted by Crippen LogP contribution is -2.41. The molecule has 0 atom stereocenters. The number of rotatable bonds is 3. The van der Waals surface area contributed by atoms with Gasteiger partial charge in [0.15, 0.2) is 0 Å². The van der Waals surface area contributed by atoms with Crippen molar-refractivity contribution in [2.24, 2.45) is 0 Å². The summed E-state index contributed by atoms with van der Waals surface area (Å²) in [6, 6.07) is 5.65. The number of hydrogen-bond acceptors (Lipinski definition) is 4. The Hall–Kier alpha value is -1.40. The van der Waals surface area contributed by atoms with E-state index in [0.29, 0.717) is 5.88 Å². The minimum Gasteiger partial charge on any atom is -0.473 e. The smallest absolute Gasteiger partial charge is 0.254 e. The van der Waals surface area contributed by atoms with E-state index in [1.54, 1.807) is 17.5 Å². The van der Waals surface area contributed by atoms with Crippen molar-refractivity contribution in [3.8, 4) is 5.88 Å². The van der Waals surface area contributed by atoms with Gasteiger partial charge in [0.05, 0.1) is 10.0 Å². The standard InChI is InChI=1S/C15H15BrN2O2S/c16-13-2-1-6-17-14(13)20-12-3-7-18(8-4-12)15(19)11-5-9-21-10-11/h1-2,5-6,9-10,12H,3-4,7-8H2. The van der Waals surface area contributed by atoms with Crippen LogP contribution >= 0.6 is 27.3 Å². The molecule has 2 aromatic rings. The fourth-order valence-corrected chi connectivity index (χ4v) is 3.34. The van der Waals surface area contributed by atoms with E-state index in [4.69, 9.17) is 4.74 Å². The summed E-state index contributed by atoms with van der Waals surface area (Å²) in [6.07, 6.45) is 3.50. The second-order valence-corrected chi connectivity index (χ2v) is 6.55. The normalized spacial score (nSPS) is 16.0. The van der Waals surface area contributed by atoms with E-state index in [0.717, 1.165) is 36.0 Å². The van der Waals surface area contributed by atoms with Crippen molar-refractivity contribution in [2.75, 3.05) is 13.1 Å². The first-order valence-corrected chi connectivity index (χ1v) is 8.56. The van der Waals surface area contributed by atoms with E-state index in [9.17, 15) is 4.79 Å². The van der Waals surface area contributed by atoms with Gasteiger partial charge in [-0.15, -0.1) is 0 Å². The molecule has 1 fully saturated rings. The molecule has 0 aliphatic carbocycles. The first kappa shape index (κ1) is 14.5. The van der Waals surface area contributed by atoms with Crippen molar-refractivity contribution in [1.82, 2.24) is 9.88 Å². The van der Waals surface area contributed by atoms with Crippen LogP contribution in [-0.4, -0.2) is 35.0 Å². The van der Waals surface area contributed by atoms with Crippen LogP contribution < -0.4 is 4.74 Å². The highest BCUT2D eigenvalue weighted by Gasteiger charge is 2.25. The number of amides is 1. The molecule has 21 heavy (non-hydrogen) atoms. The van der Waals surface area contributed by atoms with Gasteiger partial charge >= 0.3 is 0 Å². The fourth-order valence-electron chi connectivity index (χ4n) is 2.36. The van der Waals surface area contributed by atoms with Gasteiger partial charge in [0.25, 0.3) is 5.91 Å². The van der Waals surface area contributed by atoms with Crippen molar-refractivity contribution in [2.45, 2.75) is 18.9 Å². The predicted octanol–water partition coefficient (Wildman–Crippen LogP) is 3.59. The van der Waals surface area contributed by atoms with E-state index < -0.39 is 0 Å². The first-order chi connectivity index (χ1) is 10.2. The van der Waals surface area contributed by atoms with Crippen molar-refractivity contribution in [3.05, 3.63) is 45.2 Å². The molecule has 0 bridgehead atoms. The van der Waals surface area contributed by atoms with Gasteiger partial charge in [0.1, 0.15) is 6.10 Å². The molecule has 0 unspecified atom stereocenters. The zero-order chi connectivity index (χ0) is 14.7. The highest BCUT2D eigenvalue weighted by Crippen LogP contribution is 2.25. The van der Waals surface area contributed by atoms with Crippen LogP contribution in [0, 0.1) is 0 Å². The Morgan fingerprint density at radius 2 is 2.19 bits per heavy atom. The lowest BCUT2D eigenvalue weighted by molar-refractivity contribution is 0.0587. The molecule has 1 saturated heterocycles. The van der Waals surface area contributed by atoms with Crippen LogP contribution in [0.1, 0.15) is 23.2 Å². The maximum atomic E-state index is 12.3. The number of thiophene rings is 1. The van der Waals surface area contributed by atoms with Crippen LogP contribution in [0.4, 0.5) is 0 Å². The van der Waals surface area contributed by atoms with E-state index in [1.807, 2.05) is 33.9 Å². The average Bonchev–Trinajstić information content (AvgIpc) is 3.04. The van der Waals surface area contributed by atoms with Gasteiger partial charge in [0.2, 0.25) is 5.88 Å². The third-order valence-corrected chi connectivity index (χ3v) is 4.79. The van der Waals surface area contributed by atoms with Gasteiger partial charge in [-0.25, -0.2) is 4.98 Å². The Labute approximate surface area is 135 Å². The van der Waals surface area contributed by atoms with Gasteiger partial charge in [0, 0.05) is 37.5 Å². The fraction of sp³-hybridized carbons (Fsp3) is 0.333. The predicted molar refractivity (Wildman–Crippen MR) is 85.8 cm³/mol. The van der Waals surface area contributed by atoms with Crippen LogP contribution in [0.15, 0.2) is 39.6 Å². The van der Waals surface area contributed by atoms with Gasteiger partial charge < -0.3 is 9.64 Å². The second kappa shape index (κ2) is 6.58. The maximum absolute atomic E-state index is 12.3. The minimum absolute atomic E-state index is 0.114. The third-order valence-electron chi connectivity index (χ3n) is 3.50. The van der Waals surface area contributed by atoms with Gasteiger partial charge in [-0.2, -0.15) is 11.3 Å². The number of ether oxygens (including phenoxy) is 1. The molecule has 110 valence electrons. The van der Waals surface area contributed by atoms with Crippen molar-refractivity contribution in [3.63, 3.8) is 0 Å². The molecular weight excluding hydrogens is 352 g/mol. The number of pyridine rings is 1. The largest absolute Gasteiger partial charge is 0.473 e. The summed E-state index contributed by atoms with van der Waals surface area (Å²) < 4.78 is 6.77. The summed E-state index contributed by atoms with van der Waals surface area (Å²) in [7, 11) is 0. The molecule has 1 aliphatic rings. The number of piperidine rings is 1. The van der Waals surface area contributed by atoms with Crippen molar-refractivity contribution in [1.29, 1.82) is 0 Å². The van der Waals surface area contributed by atoms with Gasteiger partial charge in [-0.1, -0.05) is 0 Å². The number of halogens is 1. The molecule has 0 N–H and O–H groups in total. The molecule has 0 saturated carbocycles. The summed E-state index contributed by atoms with van der Waals surface area (Å²) in [6.45, 7) is 1.45. The Bertz CT molecular complexity index is 610. The molecular formula is C15H15BrN2O2S. The van der Waals surface area contributed by atoms with E-state index in [1.165, 1.54) is 0 Å². The van der Waals surface area contributed by atoms with Crippen molar-refractivity contribution >= 4 is 33.2 Å². The summed E-state index contributed by atoms with van der Waals surface area (Å²) >= 11 is 4.98. The maximum Gasteiger partial charge on any atom is 0.254 e. The molecule has 2 aromatic heterocycles. The third kappa shape index (κ3) is 3.44. The number of carbonyl (C=O) groups excluding carboxylic acids is 1. The molecule has 0 radical (unpaired) electrons. The number of likely N-dealkylation sites (tertiary alicyclic amines) is 1. The molecule has 0 aromatic carbocycles.